The lowest BCUT2D eigenvalue weighted by Gasteiger charge is -2.25. The van der Waals surface area contributed by atoms with Crippen LogP contribution in [-0.2, 0) is 6.54 Å². The summed E-state index contributed by atoms with van der Waals surface area (Å²) in [4.78, 5) is 10.1. The van der Waals surface area contributed by atoms with E-state index in [2.05, 4.69) is 27.1 Å². The van der Waals surface area contributed by atoms with E-state index in [4.69, 9.17) is 0 Å². The van der Waals surface area contributed by atoms with E-state index in [1.807, 2.05) is 0 Å². The standard InChI is InChI=1S/C15H23N3S/c1-11-16-13(10-19-11)9-18-7-5-14-15(18)4-6-17(14)8-12-2-3-12/h10,12,14-15H,2-9H2,1H3/t14-,15+/m0/s1. The Hall–Kier alpha value is -0.450. The Bertz CT molecular complexity index is 454. The largest absolute Gasteiger partial charge is 0.298 e. The van der Waals surface area contributed by atoms with Gasteiger partial charge in [0.2, 0.25) is 0 Å². The molecule has 2 aliphatic heterocycles. The second kappa shape index (κ2) is 4.83. The lowest BCUT2D eigenvalue weighted by atomic mass is 10.1. The number of thiazole rings is 1. The molecule has 4 rings (SSSR count). The molecule has 0 unspecified atom stereocenters. The fourth-order valence-corrected chi connectivity index (χ4v) is 4.51. The summed E-state index contributed by atoms with van der Waals surface area (Å²) < 4.78 is 0. The summed E-state index contributed by atoms with van der Waals surface area (Å²) in [6.45, 7) is 7.16. The van der Waals surface area contributed by atoms with Gasteiger partial charge in [-0.2, -0.15) is 0 Å². The number of hydrogen-bond acceptors (Lipinski definition) is 4. The quantitative estimate of drug-likeness (QED) is 0.843. The smallest absolute Gasteiger partial charge is 0.0897 e. The van der Waals surface area contributed by atoms with E-state index in [1.54, 1.807) is 11.3 Å². The average molecular weight is 277 g/mol. The maximum atomic E-state index is 4.63. The fraction of sp³-hybridized carbons (Fsp3) is 0.800. The normalized spacial score (nSPS) is 32.1. The van der Waals surface area contributed by atoms with Crippen molar-refractivity contribution in [2.45, 2.75) is 51.2 Å². The van der Waals surface area contributed by atoms with Crippen molar-refractivity contribution in [3.63, 3.8) is 0 Å². The minimum atomic E-state index is 0.806. The van der Waals surface area contributed by atoms with Crippen molar-refractivity contribution in [1.29, 1.82) is 0 Å². The molecule has 0 amide bonds. The molecule has 0 radical (unpaired) electrons. The van der Waals surface area contributed by atoms with Crippen LogP contribution >= 0.6 is 11.3 Å². The van der Waals surface area contributed by atoms with Crippen LogP contribution in [-0.4, -0.2) is 46.5 Å². The summed E-state index contributed by atoms with van der Waals surface area (Å²) in [6, 6.07) is 1.65. The molecular weight excluding hydrogens is 254 g/mol. The Morgan fingerprint density at radius 1 is 1.16 bits per heavy atom. The first-order valence-corrected chi connectivity index (χ1v) is 8.56. The molecule has 0 spiro atoms. The number of aryl methyl sites for hydroxylation is 1. The first-order valence-electron chi connectivity index (χ1n) is 7.69. The van der Waals surface area contributed by atoms with Gasteiger partial charge < -0.3 is 0 Å². The van der Waals surface area contributed by atoms with Crippen LogP contribution in [0, 0.1) is 12.8 Å². The molecular formula is C15H23N3S. The molecule has 104 valence electrons. The molecule has 0 aromatic carbocycles. The van der Waals surface area contributed by atoms with Crippen molar-refractivity contribution in [2.24, 2.45) is 5.92 Å². The predicted molar refractivity (Wildman–Crippen MR) is 78.4 cm³/mol. The van der Waals surface area contributed by atoms with E-state index >= 15 is 0 Å². The van der Waals surface area contributed by atoms with E-state index < -0.39 is 0 Å². The Labute approximate surface area is 119 Å². The zero-order valence-electron chi connectivity index (χ0n) is 11.7. The van der Waals surface area contributed by atoms with Gasteiger partial charge in [0.25, 0.3) is 0 Å². The number of fused-ring (bicyclic) bond motifs is 1. The zero-order chi connectivity index (χ0) is 12.8. The summed E-state index contributed by atoms with van der Waals surface area (Å²) in [6.07, 6.45) is 5.71. The third kappa shape index (κ3) is 2.46. The van der Waals surface area contributed by atoms with Gasteiger partial charge in [-0.15, -0.1) is 11.3 Å². The highest BCUT2D eigenvalue weighted by Gasteiger charge is 2.43. The first-order chi connectivity index (χ1) is 9.29. The number of rotatable bonds is 4. The summed E-state index contributed by atoms with van der Waals surface area (Å²) in [5, 5.41) is 3.44. The second-order valence-corrected chi connectivity index (χ2v) is 7.54. The van der Waals surface area contributed by atoms with Crippen molar-refractivity contribution in [3.8, 4) is 0 Å². The van der Waals surface area contributed by atoms with Crippen LogP contribution in [0.2, 0.25) is 0 Å². The van der Waals surface area contributed by atoms with Crippen LogP contribution in [0.5, 0.6) is 0 Å². The highest BCUT2D eigenvalue weighted by molar-refractivity contribution is 7.09. The third-order valence-corrected chi connectivity index (χ3v) is 5.85. The molecule has 3 heterocycles. The van der Waals surface area contributed by atoms with Crippen LogP contribution in [0.1, 0.15) is 36.4 Å². The summed E-state index contributed by atoms with van der Waals surface area (Å²) in [5.41, 5.74) is 1.28. The molecule has 3 fully saturated rings. The lowest BCUT2D eigenvalue weighted by molar-refractivity contribution is 0.211. The molecule has 1 aromatic rings. The Balaban J connectivity index is 1.40. The molecule has 2 saturated heterocycles. The molecule has 0 N–H and O–H groups in total. The van der Waals surface area contributed by atoms with Crippen molar-refractivity contribution in [1.82, 2.24) is 14.8 Å². The molecule has 2 atom stereocenters. The van der Waals surface area contributed by atoms with Crippen LogP contribution in [0.3, 0.4) is 0 Å². The van der Waals surface area contributed by atoms with Gasteiger partial charge in [0.1, 0.15) is 0 Å². The molecule has 1 aromatic heterocycles. The molecule has 3 nitrogen and oxygen atoms in total. The minimum absolute atomic E-state index is 0.806. The highest BCUT2D eigenvalue weighted by atomic mass is 32.1. The Morgan fingerprint density at radius 2 is 1.89 bits per heavy atom. The van der Waals surface area contributed by atoms with E-state index in [0.717, 1.165) is 24.5 Å². The van der Waals surface area contributed by atoms with E-state index in [1.165, 1.54) is 56.0 Å². The van der Waals surface area contributed by atoms with Crippen LogP contribution < -0.4 is 0 Å². The number of hydrogen-bond donors (Lipinski definition) is 0. The van der Waals surface area contributed by atoms with Crippen molar-refractivity contribution in [3.05, 3.63) is 16.1 Å². The molecule has 3 aliphatic rings. The van der Waals surface area contributed by atoms with Crippen molar-refractivity contribution < 1.29 is 0 Å². The molecule has 19 heavy (non-hydrogen) atoms. The number of nitrogens with zero attached hydrogens (tertiary/aromatic N) is 3. The van der Waals surface area contributed by atoms with Crippen molar-refractivity contribution in [2.75, 3.05) is 19.6 Å². The summed E-state index contributed by atoms with van der Waals surface area (Å²) in [7, 11) is 0. The van der Waals surface area contributed by atoms with Gasteiger partial charge in [0, 0.05) is 43.6 Å². The van der Waals surface area contributed by atoms with E-state index in [-0.39, 0.29) is 0 Å². The minimum Gasteiger partial charge on any atom is -0.298 e. The van der Waals surface area contributed by atoms with Gasteiger partial charge in [0.05, 0.1) is 10.7 Å². The van der Waals surface area contributed by atoms with Gasteiger partial charge in [-0.1, -0.05) is 0 Å². The van der Waals surface area contributed by atoms with Crippen LogP contribution in [0.25, 0.3) is 0 Å². The van der Waals surface area contributed by atoms with Gasteiger partial charge in [-0.25, -0.2) is 4.98 Å². The second-order valence-electron chi connectivity index (χ2n) is 6.48. The van der Waals surface area contributed by atoms with Gasteiger partial charge in [-0.05, 0) is 38.5 Å². The molecule has 1 saturated carbocycles. The fourth-order valence-electron chi connectivity index (χ4n) is 3.91. The molecule has 4 heteroatoms. The average Bonchev–Trinajstić information content (AvgIpc) is 2.80. The van der Waals surface area contributed by atoms with Gasteiger partial charge in [0.15, 0.2) is 0 Å². The lowest BCUT2D eigenvalue weighted by Crippen LogP contribution is -2.37. The Kier molecular flexibility index (Phi) is 3.13. The summed E-state index contributed by atoms with van der Waals surface area (Å²) >= 11 is 1.78. The highest BCUT2D eigenvalue weighted by Crippen LogP contribution is 2.37. The summed E-state index contributed by atoms with van der Waals surface area (Å²) in [5.74, 6) is 1.04. The number of likely N-dealkylation sites (tertiary alicyclic amines) is 2. The van der Waals surface area contributed by atoms with Crippen molar-refractivity contribution >= 4 is 11.3 Å². The van der Waals surface area contributed by atoms with Crippen LogP contribution in [0.4, 0.5) is 0 Å². The maximum absolute atomic E-state index is 4.63. The van der Waals surface area contributed by atoms with E-state index in [9.17, 15) is 0 Å². The zero-order valence-corrected chi connectivity index (χ0v) is 12.5. The van der Waals surface area contributed by atoms with E-state index in [0.29, 0.717) is 0 Å². The molecule has 0 bridgehead atoms. The number of aromatic nitrogens is 1. The first kappa shape index (κ1) is 12.3. The van der Waals surface area contributed by atoms with Crippen LogP contribution in [0.15, 0.2) is 5.38 Å². The molecule has 1 aliphatic carbocycles. The maximum Gasteiger partial charge on any atom is 0.0897 e. The van der Waals surface area contributed by atoms with Gasteiger partial charge >= 0.3 is 0 Å². The topological polar surface area (TPSA) is 19.4 Å². The third-order valence-electron chi connectivity index (χ3n) is 5.03. The Morgan fingerprint density at radius 3 is 2.58 bits per heavy atom. The predicted octanol–water partition coefficient (Wildman–Crippen LogP) is 2.51. The monoisotopic (exact) mass is 277 g/mol. The SMILES string of the molecule is Cc1nc(CN2CC[C@H]3[C@H]2CCN3CC2CC2)cs1. The van der Waals surface area contributed by atoms with Gasteiger partial charge in [-0.3, -0.25) is 9.80 Å².